The fourth-order valence-electron chi connectivity index (χ4n) is 0.988. The zero-order valence-electron chi connectivity index (χ0n) is 7.23. The van der Waals surface area contributed by atoms with E-state index in [1.807, 2.05) is 24.3 Å². The van der Waals surface area contributed by atoms with Crippen LogP contribution in [0.25, 0.3) is 0 Å². The summed E-state index contributed by atoms with van der Waals surface area (Å²) < 4.78 is 4.79. The van der Waals surface area contributed by atoms with Gasteiger partial charge < -0.3 is 10.5 Å². The molecule has 0 aliphatic carbocycles. The lowest BCUT2D eigenvalue weighted by atomic mass is 10.1. The third kappa shape index (κ3) is 2.99. The van der Waals surface area contributed by atoms with E-state index in [1.165, 1.54) is 0 Å². The van der Waals surface area contributed by atoms with Gasteiger partial charge in [0.05, 0.1) is 0 Å². The Morgan fingerprint density at radius 3 is 2.46 bits per heavy atom. The number of amides is 1. The Morgan fingerprint density at radius 1 is 1.46 bits per heavy atom. The number of benzene rings is 1. The summed E-state index contributed by atoms with van der Waals surface area (Å²) in [5.41, 5.74) is 5.78. The molecule has 0 aliphatic heterocycles. The van der Waals surface area contributed by atoms with Crippen molar-refractivity contribution in [3.05, 3.63) is 29.8 Å². The average molecular weight is 197 g/mol. The molecule has 2 N–H and O–H groups in total. The summed E-state index contributed by atoms with van der Waals surface area (Å²) in [4.78, 5) is 11.3. The fraction of sp³-hybridized carbons (Fsp3) is 0.222. The van der Waals surface area contributed by atoms with E-state index in [0.717, 1.165) is 10.5 Å². The molecule has 4 heteroatoms. The molecule has 1 atom stereocenters. The summed E-state index contributed by atoms with van der Waals surface area (Å²) >= 11 is 4.14. The first-order chi connectivity index (χ1) is 6.09. The standard InChI is InChI=1S/C9H11NO2S/c1-6(12-9(10)11)7-2-4-8(13)5-3-7/h2-6,13H,1H3,(H2,10,11). The molecule has 0 saturated carbocycles. The van der Waals surface area contributed by atoms with Gasteiger partial charge in [-0.05, 0) is 24.6 Å². The first kappa shape index (κ1) is 9.92. The minimum absolute atomic E-state index is 0.313. The van der Waals surface area contributed by atoms with E-state index < -0.39 is 6.09 Å². The highest BCUT2D eigenvalue weighted by atomic mass is 32.1. The molecule has 1 rings (SSSR count). The van der Waals surface area contributed by atoms with Crippen molar-refractivity contribution in [3.8, 4) is 0 Å². The van der Waals surface area contributed by atoms with Gasteiger partial charge in [-0.2, -0.15) is 0 Å². The van der Waals surface area contributed by atoms with E-state index in [2.05, 4.69) is 12.6 Å². The number of carbonyl (C=O) groups excluding carboxylic acids is 1. The summed E-state index contributed by atoms with van der Waals surface area (Å²) in [6.45, 7) is 1.76. The van der Waals surface area contributed by atoms with Gasteiger partial charge >= 0.3 is 6.09 Å². The zero-order chi connectivity index (χ0) is 9.84. The molecule has 0 fully saturated rings. The highest BCUT2D eigenvalue weighted by Gasteiger charge is 2.07. The Kier molecular flexibility index (Phi) is 3.19. The lowest BCUT2D eigenvalue weighted by molar-refractivity contribution is 0.116. The lowest BCUT2D eigenvalue weighted by Crippen LogP contribution is -2.15. The van der Waals surface area contributed by atoms with Crippen LogP contribution in [0.2, 0.25) is 0 Å². The van der Waals surface area contributed by atoms with Crippen LogP contribution in [0.15, 0.2) is 29.2 Å². The molecule has 1 unspecified atom stereocenters. The first-order valence-electron chi connectivity index (χ1n) is 3.84. The second kappa shape index (κ2) is 4.18. The Bertz CT molecular complexity index is 297. The second-order valence-corrected chi connectivity index (χ2v) is 3.19. The molecule has 0 aliphatic rings. The van der Waals surface area contributed by atoms with Crippen LogP contribution in [0.5, 0.6) is 0 Å². The van der Waals surface area contributed by atoms with Crippen molar-refractivity contribution in [1.29, 1.82) is 0 Å². The van der Waals surface area contributed by atoms with Crippen LogP contribution in [0.3, 0.4) is 0 Å². The Labute approximate surface area is 82.3 Å². The molecule has 3 nitrogen and oxygen atoms in total. The van der Waals surface area contributed by atoms with Crippen molar-refractivity contribution in [2.24, 2.45) is 5.73 Å². The van der Waals surface area contributed by atoms with Crippen molar-refractivity contribution in [3.63, 3.8) is 0 Å². The predicted octanol–water partition coefficient (Wildman–Crippen LogP) is 2.13. The number of ether oxygens (including phenoxy) is 1. The highest BCUT2D eigenvalue weighted by Crippen LogP contribution is 2.17. The number of hydrogen-bond acceptors (Lipinski definition) is 3. The molecule has 0 radical (unpaired) electrons. The first-order valence-corrected chi connectivity index (χ1v) is 4.29. The van der Waals surface area contributed by atoms with Crippen LogP contribution in [-0.4, -0.2) is 6.09 Å². The van der Waals surface area contributed by atoms with Gasteiger partial charge in [0.2, 0.25) is 0 Å². The van der Waals surface area contributed by atoms with Crippen molar-refractivity contribution in [1.82, 2.24) is 0 Å². The molecule has 0 spiro atoms. The SMILES string of the molecule is CC(OC(N)=O)c1ccc(S)cc1. The molecule has 1 aromatic rings. The molecular formula is C9H11NO2S. The molecular weight excluding hydrogens is 186 g/mol. The third-order valence-electron chi connectivity index (χ3n) is 1.66. The van der Waals surface area contributed by atoms with E-state index in [9.17, 15) is 4.79 Å². The molecule has 0 bridgehead atoms. The van der Waals surface area contributed by atoms with E-state index >= 15 is 0 Å². The quantitative estimate of drug-likeness (QED) is 0.713. The molecule has 0 saturated heterocycles. The Hall–Kier alpha value is -1.16. The third-order valence-corrected chi connectivity index (χ3v) is 1.95. The zero-order valence-corrected chi connectivity index (χ0v) is 8.12. The monoisotopic (exact) mass is 197 g/mol. The maximum atomic E-state index is 10.4. The van der Waals surface area contributed by atoms with Crippen molar-refractivity contribution in [2.45, 2.75) is 17.9 Å². The van der Waals surface area contributed by atoms with Crippen LogP contribution < -0.4 is 5.73 Å². The molecule has 70 valence electrons. The number of primary amides is 1. The summed E-state index contributed by atoms with van der Waals surface area (Å²) in [7, 11) is 0. The van der Waals surface area contributed by atoms with Gasteiger partial charge in [0.25, 0.3) is 0 Å². The maximum Gasteiger partial charge on any atom is 0.405 e. The van der Waals surface area contributed by atoms with Crippen molar-refractivity contribution >= 4 is 18.7 Å². The van der Waals surface area contributed by atoms with Crippen LogP contribution in [0.1, 0.15) is 18.6 Å². The number of rotatable bonds is 2. The van der Waals surface area contributed by atoms with Gasteiger partial charge in [0.1, 0.15) is 6.10 Å². The van der Waals surface area contributed by atoms with E-state index in [-0.39, 0.29) is 6.10 Å². The fourth-order valence-corrected chi connectivity index (χ4v) is 1.14. The number of carbonyl (C=O) groups is 1. The van der Waals surface area contributed by atoms with Crippen molar-refractivity contribution < 1.29 is 9.53 Å². The van der Waals surface area contributed by atoms with E-state index in [1.54, 1.807) is 6.92 Å². The predicted molar refractivity (Wildman–Crippen MR) is 52.8 cm³/mol. The van der Waals surface area contributed by atoms with Gasteiger partial charge in [0, 0.05) is 4.90 Å². The van der Waals surface area contributed by atoms with Crippen LogP contribution in [0, 0.1) is 0 Å². The van der Waals surface area contributed by atoms with Gasteiger partial charge in [-0.1, -0.05) is 12.1 Å². The Morgan fingerprint density at radius 2 is 2.00 bits per heavy atom. The van der Waals surface area contributed by atoms with Gasteiger partial charge in [-0.15, -0.1) is 12.6 Å². The summed E-state index contributed by atoms with van der Waals surface area (Å²) in [5, 5.41) is 0. The number of hydrogen-bond donors (Lipinski definition) is 2. The molecule has 1 amide bonds. The number of nitrogens with two attached hydrogens (primary N) is 1. The smallest absolute Gasteiger partial charge is 0.405 e. The van der Waals surface area contributed by atoms with Crippen LogP contribution >= 0.6 is 12.6 Å². The van der Waals surface area contributed by atoms with E-state index in [0.29, 0.717) is 0 Å². The van der Waals surface area contributed by atoms with Gasteiger partial charge in [-0.3, -0.25) is 0 Å². The van der Waals surface area contributed by atoms with Crippen LogP contribution in [0.4, 0.5) is 4.79 Å². The summed E-state index contributed by atoms with van der Waals surface area (Å²) in [6, 6.07) is 7.35. The summed E-state index contributed by atoms with van der Waals surface area (Å²) in [5.74, 6) is 0. The molecule has 1 aromatic carbocycles. The second-order valence-electron chi connectivity index (χ2n) is 2.67. The topological polar surface area (TPSA) is 52.3 Å². The largest absolute Gasteiger partial charge is 0.442 e. The highest BCUT2D eigenvalue weighted by molar-refractivity contribution is 7.80. The lowest BCUT2D eigenvalue weighted by Gasteiger charge is -2.11. The Balaban J connectivity index is 2.71. The minimum atomic E-state index is -0.762. The normalized spacial score (nSPS) is 12.2. The molecule has 0 aromatic heterocycles. The number of thiol groups is 1. The average Bonchev–Trinajstić information content (AvgIpc) is 2.04. The van der Waals surface area contributed by atoms with Gasteiger partial charge in [0.15, 0.2) is 0 Å². The van der Waals surface area contributed by atoms with Crippen molar-refractivity contribution in [2.75, 3.05) is 0 Å². The van der Waals surface area contributed by atoms with Gasteiger partial charge in [-0.25, -0.2) is 4.79 Å². The maximum absolute atomic E-state index is 10.4. The molecule has 0 heterocycles. The minimum Gasteiger partial charge on any atom is -0.442 e. The summed E-state index contributed by atoms with van der Waals surface area (Å²) in [6.07, 6.45) is -1.08. The molecule has 13 heavy (non-hydrogen) atoms. The van der Waals surface area contributed by atoms with Crippen LogP contribution in [-0.2, 0) is 4.74 Å². The van der Waals surface area contributed by atoms with E-state index in [4.69, 9.17) is 10.5 Å².